The number of aromatic nitrogens is 2. The van der Waals surface area contributed by atoms with Gasteiger partial charge in [0, 0.05) is 45.2 Å². The van der Waals surface area contributed by atoms with Crippen LogP contribution in [0.2, 0.25) is 0 Å². The van der Waals surface area contributed by atoms with E-state index in [2.05, 4.69) is 44.5 Å². The lowest BCUT2D eigenvalue weighted by Gasteiger charge is -2.30. The van der Waals surface area contributed by atoms with Gasteiger partial charge in [0.05, 0.1) is 15.8 Å². The molecule has 0 aliphatic carbocycles. The Kier molecular flexibility index (Phi) is 5.95. The second kappa shape index (κ2) is 8.77. The molecule has 4 rings (SSSR count). The van der Waals surface area contributed by atoms with Crippen LogP contribution in [0, 0.1) is 0 Å². The maximum Gasteiger partial charge on any atom is 0.220 e. The summed E-state index contributed by atoms with van der Waals surface area (Å²) in [4.78, 5) is 23.0. The third-order valence-electron chi connectivity index (χ3n) is 4.99. The molecule has 0 saturated heterocycles. The number of carbonyl (C=O) groups is 1. The first-order valence-corrected chi connectivity index (χ1v) is 10.4. The molecule has 3 heterocycles. The molecule has 0 saturated carbocycles. The first-order valence-electron chi connectivity index (χ1n) is 9.62. The van der Waals surface area contributed by atoms with E-state index in [1.54, 1.807) is 17.5 Å². The summed E-state index contributed by atoms with van der Waals surface area (Å²) in [5.74, 6) is -0.0599. The Labute approximate surface area is 168 Å². The highest BCUT2D eigenvalue weighted by Crippen LogP contribution is 2.21. The van der Waals surface area contributed by atoms with E-state index in [0.29, 0.717) is 19.4 Å². The van der Waals surface area contributed by atoms with Gasteiger partial charge in [0.1, 0.15) is 0 Å². The number of benzene rings is 1. The van der Waals surface area contributed by atoms with E-state index in [1.807, 2.05) is 12.1 Å². The summed E-state index contributed by atoms with van der Waals surface area (Å²) in [5.41, 5.74) is 3.46. The van der Waals surface area contributed by atoms with Gasteiger partial charge in [0.15, 0.2) is 5.65 Å². The van der Waals surface area contributed by atoms with Crippen LogP contribution >= 0.6 is 11.3 Å². The van der Waals surface area contributed by atoms with Crippen molar-refractivity contribution in [2.24, 2.45) is 0 Å². The molecule has 2 aromatic heterocycles. The monoisotopic (exact) mass is 396 g/mol. The van der Waals surface area contributed by atoms with Crippen molar-refractivity contribution in [1.82, 2.24) is 20.2 Å². The Bertz CT molecular complexity index is 925. The molecule has 1 aromatic carbocycles. The maximum atomic E-state index is 12.1. The van der Waals surface area contributed by atoms with Crippen molar-refractivity contribution in [2.45, 2.75) is 31.9 Å². The van der Waals surface area contributed by atoms with Crippen LogP contribution in [0.3, 0.4) is 0 Å². The standard InChI is InChI=1S/C21H24N4O2S/c26-17(14-25-11-9-15-4-1-2-5-16(15)13-25)12-23-19(27)7-8-20-24-21-18(28-20)6-3-10-22-21/h1-6,10,17,26H,7-9,11-14H2,(H,23,27)/t17-/m0/s1. The molecular weight excluding hydrogens is 372 g/mol. The SMILES string of the molecule is O=C(CCc1nc2ncccc2s1)NC[C@H](O)CN1CCc2ccccc2C1. The van der Waals surface area contributed by atoms with Crippen molar-refractivity contribution in [3.8, 4) is 0 Å². The number of pyridine rings is 1. The van der Waals surface area contributed by atoms with Gasteiger partial charge in [-0.2, -0.15) is 0 Å². The summed E-state index contributed by atoms with van der Waals surface area (Å²) < 4.78 is 1.04. The van der Waals surface area contributed by atoms with Crippen molar-refractivity contribution in [2.75, 3.05) is 19.6 Å². The van der Waals surface area contributed by atoms with E-state index in [1.165, 1.54) is 11.1 Å². The molecule has 146 valence electrons. The molecule has 28 heavy (non-hydrogen) atoms. The molecule has 7 heteroatoms. The third-order valence-corrected chi connectivity index (χ3v) is 6.06. The van der Waals surface area contributed by atoms with Crippen LogP contribution in [0.25, 0.3) is 10.3 Å². The zero-order valence-corrected chi connectivity index (χ0v) is 16.5. The zero-order valence-electron chi connectivity index (χ0n) is 15.7. The number of thiazole rings is 1. The number of amides is 1. The lowest BCUT2D eigenvalue weighted by Crippen LogP contribution is -2.42. The highest BCUT2D eigenvalue weighted by Gasteiger charge is 2.18. The molecule has 1 aliphatic heterocycles. The number of carbonyl (C=O) groups excluding carboxylic acids is 1. The van der Waals surface area contributed by atoms with Gasteiger partial charge in [-0.05, 0) is 29.7 Å². The topological polar surface area (TPSA) is 78.3 Å². The summed E-state index contributed by atoms with van der Waals surface area (Å²) in [6.45, 7) is 2.64. The lowest BCUT2D eigenvalue weighted by molar-refractivity contribution is -0.121. The van der Waals surface area contributed by atoms with Crippen molar-refractivity contribution >= 4 is 27.6 Å². The van der Waals surface area contributed by atoms with Gasteiger partial charge in [0.2, 0.25) is 5.91 Å². The highest BCUT2D eigenvalue weighted by molar-refractivity contribution is 7.18. The maximum absolute atomic E-state index is 12.1. The number of rotatable bonds is 7. The number of aliphatic hydroxyl groups excluding tert-OH is 1. The normalized spacial score (nSPS) is 15.3. The van der Waals surface area contributed by atoms with E-state index in [4.69, 9.17) is 0 Å². The highest BCUT2D eigenvalue weighted by atomic mass is 32.1. The molecule has 1 atom stereocenters. The Hall–Kier alpha value is -2.35. The van der Waals surface area contributed by atoms with Crippen LogP contribution < -0.4 is 5.32 Å². The fourth-order valence-electron chi connectivity index (χ4n) is 3.53. The van der Waals surface area contributed by atoms with E-state index < -0.39 is 6.10 Å². The first-order chi connectivity index (χ1) is 13.7. The second-order valence-corrected chi connectivity index (χ2v) is 8.26. The lowest BCUT2D eigenvalue weighted by atomic mass is 10.00. The molecule has 6 nitrogen and oxygen atoms in total. The van der Waals surface area contributed by atoms with Gasteiger partial charge in [-0.3, -0.25) is 9.69 Å². The van der Waals surface area contributed by atoms with Crippen LogP contribution in [-0.2, 0) is 24.2 Å². The molecular formula is C21H24N4O2S. The summed E-state index contributed by atoms with van der Waals surface area (Å²) in [5, 5.41) is 14.1. The van der Waals surface area contributed by atoms with Gasteiger partial charge < -0.3 is 10.4 Å². The predicted octanol–water partition coefficient (Wildman–Crippen LogP) is 2.16. The van der Waals surface area contributed by atoms with Crippen molar-refractivity contribution in [3.05, 3.63) is 58.7 Å². The van der Waals surface area contributed by atoms with Crippen LogP contribution in [0.1, 0.15) is 22.6 Å². The fraction of sp³-hybridized carbons (Fsp3) is 0.381. The number of nitrogens with zero attached hydrogens (tertiary/aromatic N) is 3. The molecule has 0 unspecified atom stereocenters. The van der Waals surface area contributed by atoms with E-state index in [9.17, 15) is 9.90 Å². The summed E-state index contributed by atoms with van der Waals surface area (Å²) in [6.07, 6.45) is 3.11. The molecule has 3 aromatic rings. The fourth-order valence-corrected chi connectivity index (χ4v) is 4.46. The Balaban J connectivity index is 1.19. The Morgan fingerprint density at radius 3 is 2.96 bits per heavy atom. The molecule has 0 bridgehead atoms. The zero-order chi connectivity index (χ0) is 19.3. The smallest absolute Gasteiger partial charge is 0.220 e. The van der Waals surface area contributed by atoms with E-state index >= 15 is 0 Å². The number of fused-ring (bicyclic) bond motifs is 2. The number of aryl methyl sites for hydroxylation is 1. The summed E-state index contributed by atoms with van der Waals surface area (Å²) in [6, 6.07) is 12.3. The quantitative estimate of drug-likeness (QED) is 0.640. The number of aliphatic hydroxyl groups is 1. The minimum absolute atomic E-state index is 0.0599. The summed E-state index contributed by atoms with van der Waals surface area (Å²) in [7, 11) is 0. The Morgan fingerprint density at radius 2 is 2.11 bits per heavy atom. The van der Waals surface area contributed by atoms with Crippen LogP contribution in [0.15, 0.2) is 42.6 Å². The molecule has 0 radical (unpaired) electrons. The van der Waals surface area contributed by atoms with E-state index in [-0.39, 0.29) is 12.5 Å². The third kappa shape index (κ3) is 4.73. The average Bonchev–Trinajstić information content (AvgIpc) is 3.14. The largest absolute Gasteiger partial charge is 0.390 e. The van der Waals surface area contributed by atoms with Gasteiger partial charge in [-0.25, -0.2) is 9.97 Å². The molecule has 1 amide bonds. The second-order valence-electron chi connectivity index (χ2n) is 7.14. The Morgan fingerprint density at radius 1 is 1.25 bits per heavy atom. The molecule has 1 aliphatic rings. The van der Waals surface area contributed by atoms with Gasteiger partial charge in [0.25, 0.3) is 0 Å². The average molecular weight is 397 g/mol. The van der Waals surface area contributed by atoms with Crippen molar-refractivity contribution < 1.29 is 9.90 Å². The minimum atomic E-state index is -0.569. The van der Waals surface area contributed by atoms with Crippen molar-refractivity contribution in [3.63, 3.8) is 0 Å². The molecule has 0 fully saturated rings. The number of nitrogens with one attached hydrogen (secondary N) is 1. The summed E-state index contributed by atoms with van der Waals surface area (Å²) >= 11 is 1.57. The number of hydrogen-bond acceptors (Lipinski definition) is 6. The minimum Gasteiger partial charge on any atom is -0.390 e. The van der Waals surface area contributed by atoms with Crippen LogP contribution in [0.4, 0.5) is 0 Å². The van der Waals surface area contributed by atoms with Crippen molar-refractivity contribution in [1.29, 1.82) is 0 Å². The molecule has 2 N–H and O–H groups in total. The number of β-amino-alcohol motifs (C(OH)–C–C–N with tert-alkyl or cyclic N) is 1. The van der Waals surface area contributed by atoms with Gasteiger partial charge in [-0.15, -0.1) is 11.3 Å². The van der Waals surface area contributed by atoms with Crippen LogP contribution in [-0.4, -0.2) is 51.6 Å². The van der Waals surface area contributed by atoms with Gasteiger partial charge in [-0.1, -0.05) is 24.3 Å². The van der Waals surface area contributed by atoms with Crippen LogP contribution in [0.5, 0.6) is 0 Å². The predicted molar refractivity (Wildman–Crippen MR) is 110 cm³/mol. The van der Waals surface area contributed by atoms with E-state index in [0.717, 1.165) is 34.9 Å². The van der Waals surface area contributed by atoms with Gasteiger partial charge >= 0.3 is 0 Å². The number of hydrogen-bond donors (Lipinski definition) is 2. The molecule has 0 spiro atoms. The first kappa shape index (κ1) is 19.0.